The van der Waals surface area contributed by atoms with Crippen LogP contribution >= 0.6 is 22.9 Å². The van der Waals surface area contributed by atoms with Gasteiger partial charge in [-0.3, -0.25) is 0 Å². The minimum Gasteiger partial charge on any atom is -0.470 e. The van der Waals surface area contributed by atoms with E-state index < -0.39 is 0 Å². The highest BCUT2D eigenvalue weighted by atomic mass is 35.5. The number of anilines is 2. The first-order valence-electron chi connectivity index (χ1n) is 5.45. The van der Waals surface area contributed by atoms with E-state index in [0.29, 0.717) is 0 Å². The second-order valence-electron chi connectivity index (χ2n) is 3.85. The average Bonchev–Trinajstić information content (AvgIpc) is 3.01. The van der Waals surface area contributed by atoms with Gasteiger partial charge < -0.3 is 9.73 Å². The van der Waals surface area contributed by atoms with E-state index in [0.717, 1.165) is 22.0 Å². The number of benzene rings is 1. The molecule has 1 N–H and O–H groups in total. The molecule has 18 heavy (non-hydrogen) atoms. The van der Waals surface area contributed by atoms with Crippen molar-refractivity contribution in [1.29, 1.82) is 0 Å². The smallest absolute Gasteiger partial charge is 0.114 e. The van der Waals surface area contributed by atoms with Gasteiger partial charge in [0.2, 0.25) is 0 Å². The highest BCUT2D eigenvalue weighted by Gasteiger charge is 2.04. The van der Waals surface area contributed by atoms with Crippen LogP contribution in [0.5, 0.6) is 0 Å². The lowest BCUT2D eigenvalue weighted by Crippen LogP contribution is -1.83. The molecule has 2 nitrogen and oxygen atoms in total. The van der Waals surface area contributed by atoms with Gasteiger partial charge in [-0.2, -0.15) is 0 Å². The number of rotatable bonds is 3. The average molecular weight is 276 g/mol. The zero-order chi connectivity index (χ0) is 12.4. The lowest BCUT2D eigenvalue weighted by atomic mass is 10.2. The third-order valence-corrected chi connectivity index (χ3v) is 3.73. The van der Waals surface area contributed by atoms with E-state index in [9.17, 15) is 0 Å². The number of furan rings is 1. The van der Waals surface area contributed by atoms with Crippen molar-refractivity contribution in [2.24, 2.45) is 0 Å². The maximum Gasteiger partial charge on any atom is 0.114 e. The molecular formula is C14H10ClNOS. The van der Waals surface area contributed by atoms with Gasteiger partial charge in [0.1, 0.15) is 6.26 Å². The van der Waals surface area contributed by atoms with E-state index in [2.05, 4.69) is 22.8 Å². The van der Waals surface area contributed by atoms with Gasteiger partial charge in [0, 0.05) is 21.0 Å². The molecule has 0 fully saturated rings. The number of nitrogens with one attached hydrogen (secondary N) is 1. The summed E-state index contributed by atoms with van der Waals surface area (Å²) in [6.07, 6.45) is 3.32. The molecule has 0 radical (unpaired) electrons. The van der Waals surface area contributed by atoms with Gasteiger partial charge in [0.25, 0.3) is 0 Å². The van der Waals surface area contributed by atoms with Crippen LogP contribution in [-0.2, 0) is 0 Å². The largest absolute Gasteiger partial charge is 0.470 e. The summed E-state index contributed by atoms with van der Waals surface area (Å²) in [7, 11) is 0. The fourth-order valence-corrected chi connectivity index (χ4v) is 2.73. The van der Waals surface area contributed by atoms with Crippen molar-refractivity contribution in [3.63, 3.8) is 0 Å². The molecule has 0 amide bonds. The van der Waals surface area contributed by atoms with Crippen LogP contribution < -0.4 is 5.32 Å². The van der Waals surface area contributed by atoms with Gasteiger partial charge in [-0.1, -0.05) is 23.7 Å². The molecule has 0 saturated carbocycles. The summed E-state index contributed by atoms with van der Waals surface area (Å²) >= 11 is 7.67. The van der Waals surface area contributed by atoms with Crippen molar-refractivity contribution in [2.75, 3.05) is 5.32 Å². The molecule has 0 spiro atoms. The van der Waals surface area contributed by atoms with E-state index in [4.69, 9.17) is 16.0 Å². The Morgan fingerprint density at radius 2 is 2.06 bits per heavy atom. The fourth-order valence-electron chi connectivity index (χ4n) is 1.70. The molecule has 4 heteroatoms. The first kappa shape index (κ1) is 11.4. The zero-order valence-corrected chi connectivity index (χ0v) is 11.0. The number of halogens is 1. The molecule has 0 aliphatic carbocycles. The Hall–Kier alpha value is -1.71. The summed E-state index contributed by atoms with van der Waals surface area (Å²) in [6, 6.07) is 11.8. The van der Waals surface area contributed by atoms with Gasteiger partial charge in [-0.05, 0) is 29.8 Å². The molecule has 2 heterocycles. The standard InChI is InChI=1S/C14H10ClNOS/c15-11-3-1-2-10(6-11)14-7-13(9-18-14)16-12-4-5-17-8-12/h1-9,16H. The minimum atomic E-state index is 0.755. The van der Waals surface area contributed by atoms with Crippen LogP contribution in [0.3, 0.4) is 0 Å². The highest BCUT2D eigenvalue weighted by Crippen LogP contribution is 2.32. The fraction of sp³-hybridized carbons (Fsp3) is 0. The van der Waals surface area contributed by atoms with E-state index >= 15 is 0 Å². The van der Waals surface area contributed by atoms with Crippen molar-refractivity contribution in [3.8, 4) is 10.4 Å². The van der Waals surface area contributed by atoms with E-state index in [1.54, 1.807) is 23.9 Å². The molecule has 3 aromatic rings. The summed E-state index contributed by atoms with van der Waals surface area (Å²) in [5.74, 6) is 0. The first-order chi connectivity index (χ1) is 8.81. The zero-order valence-electron chi connectivity index (χ0n) is 9.39. The summed E-state index contributed by atoms with van der Waals surface area (Å²) < 4.78 is 5.02. The van der Waals surface area contributed by atoms with Crippen LogP contribution in [0.1, 0.15) is 0 Å². The van der Waals surface area contributed by atoms with Crippen molar-refractivity contribution >= 4 is 34.3 Å². The third kappa shape index (κ3) is 2.42. The Balaban J connectivity index is 1.85. The third-order valence-electron chi connectivity index (χ3n) is 2.52. The van der Waals surface area contributed by atoms with Crippen LogP contribution in [-0.4, -0.2) is 0 Å². The molecule has 0 atom stereocenters. The number of hydrogen-bond acceptors (Lipinski definition) is 3. The Morgan fingerprint density at radius 1 is 1.11 bits per heavy atom. The van der Waals surface area contributed by atoms with E-state index in [1.165, 1.54) is 4.88 Å². The molecule has 0 aliphatic rings. The van der Waals surface area contributed by atoms with E-state index in [1.807, 2.05) is 24.3 Å². The van der Waals surface area contributed by atoms with Gasteiger partial charge in [-0.25, -0.2) is 0 Å². The summed E-state index contributed by atoms with van der Waals surface area (Å²) in [5, 5.41) is 6.10. The Morgan fingerprint density at radius 3 is 2.83 bits per heavy atom. The lowest BCUT2D eigenvalue weighted by molar-refractivity contribution is 0.568. The van der Waals surface area contributed by atoms with Crippen molar-refractivity contribution < 1.29 is 4.42 Å². The monoisotopic (exact) mass is 275 g/mol. The molecule has 0 bridgehead atoms. The Labute approximate surface area is 114 Å². The molecule has 3 rings (SSSR count). The Bertz CT molecular complexity index is 645. The summed E-state index contributed by atoms with van der Waals surface area (Å²) in [5.41, 5.74) is 3.13. The Kier molecular flexibility index (Phi) is 3.09. The predicted molar refractivity (Wildman–Crippen MR) is 76.8 cm³/mol. The minimum absolute atomic E-state index is 0.755. The van der Waals surface area contributed by atoms with Crippen LogP contribution in [0, 0.1) is 0 Å². The summed E-state index contributed by atoms with van der Waals surface area (Å²) in [4.78, 5) is 1.18. The van der Waals surface area contributed by atoms with Gasteiger partial charge in [0.15, 0.2) is 0 Å². The van der Waals surface area contributed by atoms with Crippen LogP contribution in [0.15, 0.2) is 58.7 Å². The first-order valence-corrected chi connectivity index (χ1v) is 6.71. The second-order valence-corrected chi connectivity index (χ2v) is 5.19. The molecule has 2 aromatic heterocycles. The molecule has 1 aromatic carbocycles. The van der Waals surface area contributed by atoms with Crippen LogP contribution in [0.2, 0.25) is 5.02 Å². The molecule has 90 valence electrons. The molecular weight excluding hydrogens is 266 g/mol. The van der Waals surface area contributed by atoms with Gasteiger partial charge >= 0.3 is 0 Å². The van der Waals surface area contributed by atoms with Crippen LogP contribution in [0.4, 0.5) is 11.4 Å². The quantitative estimate of drug-likeness (QED) is 0.692. The lowest BCUT2D eigenvalue weighted by Gasteiger charge is -1.99. The molecule has 0 unspecified atom stereocenters. The molecule has 0 aliphatic heterocycles. The van der Waals surface area contributed by atoms with E-state index in [-0.39, 0.29) is 0 Å². The topological polar surface area (TPSA) is 25.2 Å². The van der Waals surface area contributed by atoms with Gasteiger partial charge in [0.05, 0.1) is 12.0 Å². The highest BCUT2D eigenvalue weighted by molar-refractivity contribution is 7.14. The predicted octanol–water partition coefficient (Wildman–Crippen LogP) is 5.41. The number of hydrogen-bond donors (Lipinski definition) is 1. The maximum absolute atomic E-state index is 5.99. The SMILES string of the molecule is Clc1cccc(-c2cc(Nc3ccoc3)cs2)c1. The maximum atomic E-state index is 5.99. The molecule has 0 saturated heterocycles. The number of thiophene rings is 1. The van der Waals surface area contributed by atoms with Crippen molar-refractivity contribution in [1.82, 2.24) is 0 Å². The normalized spacial score (nSPS) is 10.5. The second kappa shape index (κ2) is 4.88. The summed E-state index contributed by atoms with van der Waals surface area (Å²) in [6.45, 7) is 0. The van der Waals surface area contributed by atoms with Crippen molar-refractivity contribution in [2.45, 2.75) is 0 Å². The van der Waals surface area contributed by atoms with Crippen LogP contribution in [0.25, 0.3) is 10.4 Å². The van der Waals surface area contributed by atoms with Gasteiger partial charge in [-0.15, -0.1) is 11.3 Å². The van der Waals surface area contributed by atoms with Crippen molar-refractivity contribution in [3.05, 3.63) is 59.3 Å².